The molecule has 0 N–H and O–H groups in total. The molecule has 0 aliphatic heterocycles. The van der Waals surface area contributed by atoms with Gasteiger partial charge in [-0.05, 0) is 51.9 Å². The largest absolute Gasteiger partial charge is 0.269 e. The van der Waals surface area contributed by atoms with E-state index in [1.165, 1.54) is 23.5 Å². The summed E-state index contributed by atoms with van der Waals surface area (Å²) in [6.07, 6.45) is 5.26. The van der Waals surface area contributed by atoms with E-state index in [1.54, 1.807) is 29.2 Å². The first-order valence-corrected chi connectivity index (χ1v) is 12.4. The van der Waals surface area contributed by atoms with E-state index in [0.717, 1.165) is 38.4 Å². The minimum absolute atomic E-state index is 0.0385. The number of aromatic nitrogens is 2. The Hall–Kier alpha value is -4.95. The number of thiazole rings is 1. The second-order valence-corrected chi connectivity index (χ2v) is 9.16. The molecule has 7 nitrogen and oxygen atoms in total. The summed E-state index contributed by atoms with van der Waals surface area (Å²) in [5.74, 6) is 0. The standard InChI is InChI=1S/C29H19N5O2S/c35-34(36)24-13-11-20(12-14-24)28-19-37-29(32-23-8-5-15-30-17-23)33(28)31-18-27-25-9-3-1-6-21(25)16-22-7-2-4-10-26(22)27/h1-19H. The van der Waals surface area contributed by atoms with Crippen molar-refractivity contribution >= 4 is 50.5 Å². The number of fused-ring (bicyclic) bond motifs is 2. The molecule has 178 valence electrons. The summed E-state index contributed by atoms with van der Waals surface area (Å²) in [6.45, 7) is 0. The number of nitro benzene ring substituents is 1. The van der Waals surface area contributed by atoms with Crippen LogP contribution in [0, 0.1) is 10.1 Å². The topological polar surface area (TPSA) is 85.7 Å². The molecular formula is C29H19N5O2S. The van der Waals surface area contributed by atoms with Gasteiger partial charge in [-0.15, -0.1) is 11.3 Å². The van der Waals surface area contributed by atoms with Gasteiger partial charge in [0, 0.05) is 34.8 Å². The van der Waals surface area contributed by atoms with Gasteiger partial charge >= 0.3 is 0 Å². The van der Waals surface area contributed by atoms with Crippen LogP contribution in [0.3, 0.4) is 0 Å². The summed E-state index contributed by atoms with van der Waals surface area (Å²) in [4.78, 5) is 20.3. The molecule has 0 bridgehead atoms. The highest BCUT2D eigenvalue weighted by Crippen LogP contribution is 2.28. The zero-order valence-corrected chi connectivity index (χ0v) is 20.2. The van der Waals surface area contributed by atoms with Crippen molar-refractivity contribution in [2.24, 2.45) is 10.1 Å². The van der Waals surface area contributed by atoms with E-state index in [2.05, 4.69) is 35.3 Å². The molecule has 2 heterocycles. The minimum Gasteiger partial charge on any atom is -0.262 e. The smallest absolute Gasteiger partial charge is 0.262 e. The predicted molar refractivity (Wildman–Crippen MR) is 148 cm³/mol. The maximum Gasteiger partial charge on any atom is 0.269 e. The fraction of sp³-hybridized carbons (Fsp3) is 0. The summed E-state index contributed by atoms with van der Waals surface area (Å²) < 4.78 is 1.77. The third-order valence-electron chi connectivity index (χ3n) is 6.05. The summed E-state index contributed by atoms with van der Waals surface area (Å²) in [7, 11) is 0. The average molecular weight is 502 g/mol. The van der Waals surface area contributed by atoms with Gasteiger partial charge in [0.05, 0.1) is 28.7 Å². The fourth-order valence-corrected chi connectivity index (χ4v) is 5.13. The highest BCUT2D eigenvalue weighted by molar-refractivity contribution is 7.07. The summed E-state index contributed by atoms with van der Waals surface area (Å²) in [5, 5.41) is 22.5. The lowest BCUT2D eigenvalue weighted by molar-refractivity contribution is -0.384. The lowest BCUT2D eigenvalue weighted by Gasteiger charge is -2.09. The number of nitrogens with zero attached hydrogens (tertiary/aromatic N) is 5. The molecule has 2 aromatic heterocycles. The van der Waals surface area contributed by atoms with Crippen molar-refractivity contribution in [3.63, 3.8) is 0 Å². The van der Waals surface area contributed by atoms with Crippen molar-refractivity contribution in [3.8, 4) is 11.3 Å². The molecule has 4 aromatic carbocycles. The van der Waals surface area contributed by atoms with Crippen molar-refractivity contribution in [3.05, 3.63) is 129 Å². The fourth-order valence-electron chi connectivity index (χ4n) is 4.27. The van der Waals surface area contributed by atoms with Crippen molar-refractivity contribution in [1.82, 2.24) is 9.66 Å². The Morgan fingerprint density at radius 3 is 2.24 bits per heavy atom. The van der Waals surface area contributed by atoms with E-state index in [4.69, 9.17) is 10.1 Å². The van der Waals surface area contributed by atoms with Crippen LogP contribution < -0.4 is 4.80 Å². The average Bonchev–Trinajstić information content (AvgIpc) is 3.33. The zero-order valence-electron chi connectivity index (χ0n) is 19.4. The quantitative estimate of drug-likeness (QED) is 0.111. The number of benzene rings is 4. The van der Waals surface area contributed by atoms with Gasteiger partial charge in [0.2, 0.25) is 4.80 Å². The minimum atomic E-state index is -0.404. The normalized spacial score (nSPS) is 12.1. The zero-order chi connectivity index (χ0) is 25.2. The Morgan fingerprint density at radius 2 is 1.59 bits per heavy atom. The molecule has 0 saturated carbocycles. The van der Waals surface area contributed by atoms with Crippen LogP contribution >= 0.6 is 11.3 Å². The van der Waals surface area contributed by atoms with Crippen molar-refractivity contribution in [2.75, 3.05) is 0 Å². The van der Waals surface area contributed by atoms with Gasteiger partial charge < -0.3 is 0 Å². The van der Waals surface area contributed by atoms with E-state index in [-0.39, 0.29) is 5.69 Å². The second kappa shape index (κ2) is 9.60. The van der Waals surface area contributed by atoms with Crippen LogP contribution in [0.1, 0.15) is 5.56 Å². The SMILES string of the molecule is O=[N+]([O-])c1ccc(-c2csc(=Nc3cccnc3)n2N=Cc2c3ccccc3cc3ccccc23)cc1. The van der Waals surface area contributed by atoms with E-state index < -0.39 is 4.92 Å². The summed E-state index contributed by atoms with van der Waals surface area (Å²) in [5.41, 5.74) is 3.34. The molecule has 0 aliphatic rings. The van der Waals surface area contributed by atoms with Crippen LogP contribution in [-0.4, -0.2) is 20.8 Å². The number of hydrogen-bond acceptors (Lipinski definition) is 6. The van der Waals surface area contributed by atoms with Crippen molar-refractivity contribution in [1.29, 1.82) is 0 Å². The van der Waals surface area contributed by atoms with Crippen LogP contribution in [0.5, 0.6) is 0 Å². The highest BCUT2D eigenvalue weighted by Gasteiger charge is 2.12. The number of rotatable bonds is 5. The predicted octanol–water partition coefficient (Wildman–Crippen LogP) is 6.94. The molecule has 0 fully saturated rings. The molecule has 6 rings (SSSR count). The number of pyridine rings is 1. The Balaban J connectivity index is 1.56. The third kappa shape index (κ3) is 4.41. The molecule has 37 heavy (non-hydrogen) atoms. The van der Waals surface area contributed by atoms with Crippen LogP contribution in [0.4, 0.5) is 11.4 Å². The molecule has 0 aliphatic carbocycles. The molecule has 6 aromatic rings. The lowest BCUT2D eigenvalue weighted by atomic mass is 9.97. The first-order valence-electron chi connectivity index (χ1n) is 11.5. The van der Waals surface area contributed by atoms with Gasteiger partial charge in [-0.3, -0.25) is 15.1 Å². The van der Waals surface area contributed by atoms with E-state index >= 15 is 0 Å². The molecule has 8 heteroatoms. The van der Waals surface area contributed by atoms with Crippen molar-refractivity contribution < 1.29 is 4.92 Å². The first kappa shape index (κ1) is 22.5. The van der Waals surface area contributed by atoms with Gasteiger partial charge in [0.1, 0.15) is 0 Å². The van der Waals surface area contributed by atoms with Gasteiger partial charge in [0.15, 0.2) is 0 Å². The number of non-ortho nitro benzene ring substituents is 1. The Kier molecular flexibility index (Phi) is 5.84. The summed E-state index contributed by atoms with van der Waals surface area (Å²) in [6, 6.07) is 28.9. The highest BCUT2D eigenvalue weighted by atomic mass is 32.1. The Labute approximate surface area is 215 Å². The molecule has 0 amide bonds. The second-order valence-electron chi connectivity index (χ2n) is 8.32. The molecule has 0 unspecified atom stereocenters. The van der Waals surface area contributed by atoms with Crippen LogP contribution in [0.2, 0.25) is 0 Å². The maximum absolute atomic E-state index is 11.2. The van der Waals surface area contributed by atoms with Gasteiger partial charge in [-0.1, -0.05) is 48.5 Å². The molecule has 0 radical (unpaired) electrons. The molecule has 0 spiro atoms. The van der Waals surface area contributed by atoms with E-state index in [1.807, 2.05) is 48.0 Å². The molecule has 0 saturated heterocycles. The van der Waals surface area contributed by atoms with E-state index in [0.29, 0.717) is 10.5 Å². The van der Waals surface area contributed by atoms with E-state index in [9.17, 15) is 10.1 Å². The Bertz CT molecular complexity index is 1800. The maximum atomic E-state index is 11.2. The Morgan fingerprint density at radius 1 is 0.892 bits per heavy atom. The van der Waals surface area contributed by atoms with Gasteiger partial charge in [-0.25, -0.2) is 9.67 Å². The van der Waals surface area contributed by atoms with Crippen LogP contribution in [-0.2, 0) is 0 Å². The third-order valence-corrected chi connectivity index (χ3v) is 6.86. The molecular weight excluding hydrogens is 482 g/mol. The monoisotopic (exact) mass is 501 g/mol. The van der Waals surface area contributed by atoms with Crippen LogP contribution in [0.25, 0.3) is 32.8 Å². The lowest BCUT2D eigenvalue weighted by Crippen LogP contribution is -2.11. The van der Waals surface area contributed by atoms with Gasteiger partial charge in [-0.2, -0.15) is 5.10 Å². The number of nitro groups is 1. The molecule has 0 atom stereocenters. The first-order chi connectivity index (χ1) is 18.2. The van der Waals surface area contributed by atoms with Gasteiger partial charge in [0.25, 0.3) is 5.69 Å². The van der Waals surface area contributed by atoms with Crippen LogP contribution in [0.15, 0.2) is 119 Å². The van der Waals surface area contributed by atoms with Crippen molar-refractivity contribution in [2.45, 2.75) is 0 Å². The summed E-state index contributed by atoms with van der Waals surface area (Å²) >= 11 is 1.44. The number of hydrogen-bond donors (Lipinski definition) is 0.